The van der Waals surface area contributed by atoms with Gasteiger partial charge in [0, 0.05) is 25.8 Å². The third-order valence-electron chi connectivity index (χ3n) is 2.52. The summed E-state index contributed by atoms with van der Waals surface area (Å²) >= 11 is 0. The standard InChI is InChI=1S/C13H20N2O2/c1-9(14)7-11-8-10(13(16)17-4)5-6-12(11)15(2)3/h5-6,8-9H,7,14H2,1-4H3/t9-/m1/s1. The molecular weight excluding hydrogens is 216 g/mol. The zero-order valence-electron chi connectivity index (χ0n) is 10.9. The van der Waals surface area contributed by atoms with Crippen LogP contribution in [0, 0.1) is 0 Å². The number of benzene rings is 1. The van der Waals surface area contributed by atoms with Gasteiger partial charge in [-0.3, -0.25) is 0 Å². The number of nitrogens with zero attached hydrogens (tertiary/aromatic N) is 1. The number of carbonyl (C=O) groups is 1. The molecule has 2 N–H and O–H groups in total. The Labute approximate surface area is 102 Å². The fourth-order valence-corrected chi connectivity index (χ4v) is 1.78. The molecule has 0 radical (unpaired) electrons. The minimum atomic E-state index is -0.318. The molecular formula is C13H20N2O2. The molecule has 4 nitrogen and oxygen atoms in total. The van der Waals surface area contributed by atoms with Gasteiger partial charge in [0.05, 0.1) is 12.7 Å². The molecule has 1 atom stereocenters. The first-order valence-electron chi connectivity index (χ1n) is 5.60. The Morgan fingerprint density at radius 1 is 1.47 bits per heavy atom. The van der Waals surface area contributed by atoms with Crippen LogP contribution in [0.1, 0.15) is 22.8 Å². The van der Waals surface area contributed by atoms with E-state index >= 15 is 0 Å². The van der Waals surface area contributed by atoms with Crippen molar-refractivity contribution in [2.45, 2.75) is 19.4 Å². The Morgan fingerprint density at radius 3 is 2.59 bits per heavy atom. The van der Waals surface area contributed by atoms with Gasteiger partial charge in [-0.2, -0.15) is 0 Å². The smallest absolute Gasteiger partial charge is 0.337 e. The van der Waals surface area contributed by atoms with Crippen LogP contribution in [-0.2, 0) is 11.2 Å². The van der Waals surface area contributed by atoms with Crippen LogP contribution in [-0.4, -0.2) is 33.2 Å². The van der Waals surface area contributed by atoms with Crippen molar-refractivity contribution < 1.29 is 9.53 Å². The summed E-state index contributed by atoms with van der Waals surface area (Å²) in [5.74, 6) is -0.318. The molecule has 0 saturated heterocycles. The van der Waals surface area contributed by atoms with Gasteiger partial charge in [-0.1, -0.05) is 0 Å². The molecule has 17 heavy (non-hydrogen) atoms. The van der Waals surface area contributed by atoms with Crippen LogP contribution in [0.4, 0.5) is 5.69 Å². The SMILES string of the molecule is COC(=O)c1ccc(N(C)C)c(C[C@@H](C)N)c1. The van der Waals surface area contributed by atoms with E-state index in [2.05, 4.69) is 0 Å². The van der Waals surface area contributed by atoms with E-state index in [1.165, 1.54) is 7.11 Å². The molecule has 0 aliphatic heterocycles. The molecule has 0 saturated carbocycles. The predicted molar refractivity (Wildman–Crippen MR) is 69.5 cm³/mol. The van der Waals surface area contributed by atoms with Gasteiger partial charge in [0.2, 0.25) is 0 Å². The number of carbonyl (C=O) groups excluding carboxylic acids is 1. The summed E-state index contributed by atoms with van der Waals surface area (Å²) in [6, 6.07) is 5.60. The lowest BCUT2D eigenvalue weighted by Crippen LogP contribution is -2.21. The monoisotopic (exact) mass is 236 g/mol. The first-order valence-corrected chi connectivity index (χ1v) is 5.60. The van der Waals surface area contributed by atoms with Crippen LogP contribution in [0.3, 0.4) is 0 Å². The maximum atomic E-state index is 11.5. The molecule has 4 heteroatoms. The summed E-state index contributed by atoms with van der Waals surface area (Å²) in [5, 5.41) is 0. The van der Waals surface area contributed by atoms with Crippen molar-refractivity contribution in [3.05, 3.63) is 29.3 Å². The molecule has 0 aliphatic rings. The van der Waals surface area contributed by atoms with Gasteiger partial charge >= 0.3 is 5.97 Å². The summed E-state index contributed by atoms with van der Waals surface area (Å²) < 4.78 is 4.71. The molecule has 1 aromatic rings. The van der Waals surface area contributed by atoms with E-state index in [-0.39, 0.29) is 12.0 Å². The molecule has 94 valence electrons. The second-order valence-corrected chi connectivity index (χ2v) is 4.41. The lowest BCUT2D eigenvalue weighted by Gasteiger charge is -2.19. The molecule has 0 bridgehead atoms. The maximum Gasteiger partial charge on any atom is 0.337 e. The fourth-order valence-electron chi connectivity index (χ4n) is 1.78. The number of hydrogen-bond donors (Lipinski definition) is 1. The molecule has 1 aromatic carbocycles. The van der Waals surface area contributed by atoms with Crippen LogP contribution in [0.2, 0.25) is 0 Å². The van der Waals surface area contributed by atoms with E-state index in [1.807, 2.05) is 38.1 Å². The quantitative estimate of drug-likeness (QED) is 0.803. The van der Waals surface area contributed by atoms with Crippen LogP contribution in [0.25, 0.3) is 0 Å². The Hall–Kier alpha value is -1.55. The average Bonchev–Trinajstić information content (AvgIpc) is 2.26. The predicted octanol–water partition coefficient (Wildman–Crippen LogP) is 1.43. The zero-order valence-corrected chi connectivity index (χ0v) is 10.9. The first kappa shape index (κ1) is 13.5. The van der Waals surface area contributed by atoms with Crippen molar-refractivity contribution in [2.24, 2.45) is 5.73 Å². The first-order chi connectivity index (χ1) is 7.95. The third kappa shape index (κ3) is 3.46. The van der Waals surface area contributed by atoms with Gasteiger partial charge in [-0.25, -0.2) is 4.79 Å². The van der Waals surface area contributed by atoms with Gasteiger partial charge in [0.15, 0.2) is 0 Å². The van der Waals surface area contributed by atoms with E-state index in [0.717, 1.165) is 17.7 Å². The highest BCUT2D eigenvalue weighted by atomic mass is 16.5. The van der Waals surface area contributed by atoms with Crippen LogP contribution in [0.5, 0.6) is 0 Å². The minimum absolute atomic E-state index is 0.0570. The van der Waals surface area contributed by atoms with Crippen molar-refractivity contribution in [1.82, 2.24) is 0 Å². The molecule has 0 heterocycles. The number of methoxy groups -OCH3 is 1. The molecule has 0 spiro atoms. The van der Waals surface area contributed by atoms with Gasteiger partial charge in [0.1, 0.15) is 0 Å². The zero-order chi connectivity index (χ0) is 13.0. The van der Waals surface area contributed by atoms with E-state index in [1.54, 1.807) is 6.07 Å². The Morgan fingerprint density at radius 2 is 2.12 bits per heavy atom. The second kappa shape index (κ2) is 5.68. The number of rotatable bonds is 4. The second-order valence-electron chi connectivity index (χ2n) is 4.41. The van der Waals surface area contributed by atoms with E-state index in [0.29, 0.717) is 5.56 Å². The molecule has 1 rings (SSSR count). The summed E-state index contributed by atoms with van der Waals surface area (Å²) in [4.78, 5) is 13.5. The highest BCUT2D eigenvalue weighted by molar-refractivity contribution is 5.90. The van der Waals surface area contributed by atoms with Crippen molar-refractivity contribution in [3.8, 4) is 0 Å². The van der Waals surface area contributed by atoms with Gasteiger partial charge in [-0.15, -0.1) is 0 Å². The summed E-state index contributed by atoms with van der Waals surface area (Å²) in [5.41, 5.74) is 8.52. The van der Waals surface area contributed by atoms with Crippen LogP contribution < -0.4 is 10.6 Å². The van der Waals surface area contributed by atoms with Crippen molar-refractivity contribution in [1.29, 1.82) is 0 Å². The van der Waals surface area contributed by atoms with Gasteiger partial charge < -0.3 is 15.4 Å². The molecule has 0 aliphatic carbocycles. The van der Waals surface area contributed by atoms with Gasteiger partial charge in [-0.05, 0) is 37.1 Å². The maximum absolute atomic E-state index is 11.5. The van der Waals surface area contributed by atoms with Crippen molar-refractivity contribution >= 4 is 11.7 Å². The number of nitrogens with two attached hydrogens (primary N) is 1. The highest BCUT2D eigenvalue weighted by Crippen LogP contribution is 2.22. The highest BCUT2D eigenvalue weighted by Gasteiger charge is 2.12. The molecule has 0 amide bonds. The summed E-state index contributed by atoms with van der Waals surface area (Å²) in [6.45, 7) is 1.95. The normalized spacial score (nSPS) is 12.1. The number of esters is 1. The largest absolute Gasteiger partial charge is 0.465 e. The summed E-state index contributed by atoms with van der Waals surface area (Å²) in [6.07, 6.45) is 0.734. The van der Waals surface area contributed by atoms with Crippen LogP contribution >= 0.6 is 0 Å². The van der Waals surface area contributed by atoms with E-state index in [9.17, 15) is 4.79 Å². The summed E-state index contributed by atoms with van der Waals surface area (Å²) in [7, 11) is 5.32. The Bertz CT molecular complexity index is 400. The number of ether oxygens (including phenoxy) is 1. The number of hydrogen-bond acceptors (Lipinski definition) is 4. The Balaban J connectivity index is 3.14. The van der Waals surface area contributed by atoms with Crippen molar-refractivity contribution in [2.75, 3.05) is 26.1 Å². The number of anilines is 1. The fraction of sp³-hybridized carbons (Fsp3) is 0.462. The lowest BCUT2D eigenvalue weighted by molar-refractivity contribution is 0.0600. The topological polar surface area (TPSA) is 55.6 Å². The molecule has 0 unspecified atom stereocenters. The molecule has 0 aromatic heterocycles. The van der Waals surface area contributed by atoms with E-state index < -0.39 is 0 Å². The van der Waals surface area contributed by atoms with Crippen molar-refractivity contribution in [3.63, 3.8) is 0 Å². The van der Waals surface area contributed by atoms with Gasteiger partial charge in [0.25, 0.3) is 0 Å². The Kier molecular flexibility index (Phi) is 4.52. The molecule has 0 fully saturated rings. The third-order valence-corrected chi connectivity index (χ3v) is 2.52. The average molecular weight is 236 g/mol. The van der Waals surface area contributed by atoms with E-state index in [4.69, 9.17) is 10.5 Å². The minimum Gasteiger partial charge on any atom is -0.465 e. The van der Waals surface area contributed by atoms with Crippen LogP contribution in [0.15, 0.2) is 18.2 Å². The lowest BCUT2D eigenvalue weighted by atomic mass is 10.0.